The van der Waals surface area contributed by atoms with Crippen LogP contribution in [0.1, 0.15) is 81.7 Å². The molecular weight excluding hydrogens is 622 g/mol. The fraction of sp³-hybridized carbons (Fsp3) is 0.452. The zero-order chi connectivity index (χ0) is 34.4. The number of methoxy groups -OCH3 is 1. The smallest absolute Gasteiger partial charge is 0.303 e. The maximum Gasteiger partial charge on any atom is 0.303 e. The van der Waals surface area contributed by atoms with Gasteiger partial charge in [0.2, 0.25) is 11.7 Å². The number of carboxylic acids is 1. The van der Waals surface area contributed by atoms with Crippen molar-refractivity contribution in [3.05, 3.63) is 51.6 Å². The van der Waals surface area contributed by atoms with E-state index in [2.05, 4.69) is 10.4 Å². The molecule has 9 N–H and O–H groups in total. The minimum Gasteiger partial charge on any atom is -0.507 e. The largest absolute Gasteiger partial charge is 0.507 e. The van der Waals surface area contributed by atoms with Crippen molar-refractivity contribution in [2.45, 2.75) is 75.3 Å². The molecule has 0 spiro atoms. The molecule has 0 bridgehead atoms. The Labute approximate surface area is 267 Å². The summed E-state index contributed by atoms with van der Waals surface area (Å²) in [5.41, 5.74) is -3.91. The van der Waals surface area contributed by atoms with Crippen LogP contribution in [0.25, 0.3) is 0 Å². The first-order valence-corrected chi connectivity index (χ1v) is 14.7. The van der Waals surface area contributed by atoms with E-state index in [1.807, 2.05) is 0 Å². The minimum atomic E-state index is -2.08. The van der Waals surface area contributed by atoms with Crippen LogP contribution in [0, 0.1) is 0 Å². The number of ketones is 2. The number of aliphatic hydroxyl groups is 3. The SMILES string of the molecule is COc1cccc2c1C(=O)c1c(O)c3c(c(O)c1C2=O)C[C@@](O)(/C(CO)=N/N)C[C@@H]3O[C@H]1C[C@H](NC(=O)CCC(=O)O)[C@H](O)[C@H](C)O1. The third-order valence-electron chi connectivity index (χ3n) is 8.85. The predicted octanol–water partition coefficient (Wildman–Crippen LogP) is -0.231. The number of nitrogens with two attached hydrogens (primary N) is 1. The fourth-order valence-electron chi connectivity index (χ4n) is 6.53. The molecule has 0 radical (unpaired) electrons. The number of carbonyl (C=O) groups is 4. The Kier molecular flexibility index (Phi) is 9.25. The van der Waals surface area contributed by atoms with Crippen molar-refractivity contribution in [1.29, 1.82) is 0 Å². The monoisotopic (exact) mass is 657 g/mol. The van der Waals surface area contributed by atoms with Gasteiger partial charge in [-0.15, -0.1) is 0 Å². The number of aliphatic carboxylic acids is 1. The van der Waals surface area contributed by atoms with Crippen molar-refractivity contribution in [3.63, 3.8) is 0 Å². The zero-order valence-electron chi connectivity index (χ0n) is 25.4. The Morgan fingerprint density at radius 2 is 1.83 bits per heavy atom. The van der Waals surface area contributed by atoms with Crippen LogP contribution in [0.4, 0.5) is 0 Å². The Morgan fingerprint density at radius 3 is 2.47 bits per heavy atom. The van der Waals surface area contributed by atoms with Crippen molar-refractivity contribution in [2.24, 2.45) is 10.9 Å². The first-order chi connectivity index (χ1) is 22.3. The van der Waals surface area contributed by atoms with Gasteiger partial charge in [-0.2, -0.15) is 5.10 Å². The fourth-order valence-corrected chi connectivity index (χ4v) is 6.53. The van der Waals surface area contributed by atoms with Gasteiger partial charge in [-0.05, 0) is 13.0 Å². The topological polar surface area (TPSA) is 268 Å². The molecule has 0 unspecified atom stereocenters. The number of carboxylic acid groups (broad SMARTS) is 1. The molecule has 2 aliphatic carbocycles. The highest BCUT2D eigenvalue weighted by molar-refractivity contribution is 6.31. The molecule has 1 fully saturated rings. The van der Waals surface area contributed by atoms with E-state index >= 15 is 0 Å². The van der Waals surface area contributed by atoms with Crippen molar-refractivity contribution < 1.29 is 64.0 Å². The van der Waals surface area contributed by atoms with Crippen LogP contribution in [0.15, 0.2) is 23.3 Å². The average Bonchev–Trinajstić information content (AvgIpc) is 3.02. The lowest BCUT2D eigenvalue weighted by molar-refractivity contribution is -0.248. The second-order valence-corrected chi connectivity index (χ2v) is 11.7. The van der Waals surface area contributed by atoms with Crippen LogP contribution < -0.4 is 15.9 Å². The van der Waals surface area contributed by atoms with E-state index in [0.717, 1.165) is 0 Å². The molecule has 252 valence electrons. The van der Waals surface area contributed by atoms with E-state index < -0.39 is 108 Å². The summed E-state index contributed by atoms with van der Waals surface area (Å²) < 4.78 is 17.3. The summed E-state index contributed by atoms with van der Waals surface area (Å²) in [5.74, 6) is 0.707. The maximum absolute atomic E-state index is 13.8. The van der Waals surface area contributed by atoms with Crippen LogP contribution in [0.5, 0.6) is 17.2 Å². The highest BCUT2D eigenvalue weighted by atomic mass is 16.7. The highest BCUT2D eigenvalue weighted by Gasteiger charge is 2.49. The van der Waals surface area contributed by atoms with E-state index in [1.165, 1.54) is 32.2 Å². The van der Waals surface area contributed by atoms with Gasteiger partial charge >= 0.3 is 5.97 Å². The first-order valence-electron chi connectivity index (χ1n) is 14.7. The third kappa shape index (κ3) is 5.89. The second kappa shape index (κ2) is 12.9. The summed E-state index contributed by atoms with van der Waals surface area (Å²) >= 11 is 0. The molecule has 2 aromatic rings. The summed E-state index contributed by atoms with van der Waals surface area (Å²) in [7, 11) is 1.31. The Balaban J connectivity index is 1.59. The number of aliphatic hydroxyl groups excluding tert-OH is 2. The van der Waals surface area contributed by atoms with Crippen LogP contribution >= 0.6 is 0 Å². The van der Waals surface area contributed by atoms with Crippen LogP contribution in [-0.4, -0.2) is 104 Å². The van der Waals surface area contributed by atoms with E-state index in [-0.39, 0.29) is 46.6 Å². The van der Waals surface area contributed by atoms with Crippen molar-refractivity contribution in [2.75, 3.05) is 13.7 Å². The number of phenols is 2. The van der Waals surface area contributed by atoms with Crippen molar-refractivity contribution in [1.82, 2.24) is 5.32 Å². The molecule has 1 amide bonds. The number of nitrogens with zero attached hydrogens (tertiary/aromatic N) is 1. The Bertz CT molecular complexity index is 1670. The molecule has 16 nitrogen and oxygen atoms in total. The quantitative estimate of drug-likeness (QED) is 0.0639. The Hall–Kier alpha value is -4.61. The van der Waals surface area contributed by atoms with Crippen LogP contribution in [0.2, 0.25) is 0 Å². The number of hydrogen-bond donors (Lipinski definition) is 8. The molecule has 5 rings (SSSR count). The number of carbonyl (C=O) groups excluding carboxylic acids is 3. The standard InChI is InChI=1S/C31H35N3O13/c1-12-26(39)15(33-19(36)6-7-20(37)38)8-21(46-12)47-17-10-31(44,18(11-35)34-32)9-14-23(17)30(43)25-24(28(14)41)27(40)13-4-3-5-16(45-2)22(13)29(25)42/h3-5,12,15,17,21,26,35,39,41,43-44H,6-11,32H2,1-2H3,(H,33,36)(H,37,38)/b34-18+/t12-,15-,17-,21-,26+,31-/m0/s1. The number of nitrogens with one attached hydrogen (secondary N) is 1. The van der Waals surface area contributed by atoms with Crippen molar-refractivity contribution in [3.8, 4) is 17.2 Å². The Morgan fingerprint density at radius 1 is 1.13 bits per heavy atom. The number of hydrogen-bond acceptors (Lipinski definition) is 14. The molecule has 2 aromatic carbocycles. The van der Waals surface area contributed by atoms with Crippen molar-refractivity contribution >= 4 is 29.2 Å². The predicted molar refractivity (Wildman–Crippen MR) is 159 cm³/mol. The normalized spacial score (nSPS) is 27.0. The van der Waals surface area contributed by atoms with Gasteiger partial charge in [0.25, 0.3) is 0 Å². The number of fused-ring (bicyclic) bond motifs is 3. The number of amides is 1. The summed E-state index contributed by atoms with van der Waals surface area (Å²) in [5, 5.41) is 70.6. The van der Waals surface area contributed by atoms with Crippen LogP contribution in [0.3, 0.4) is 0 Å². The number of rotatable bonds is 9. The molecule has 47 heavy (non-hydrogen) atoms. The molecule has 1 aliphatic heterocycles. The maximum atomic E-state index is 13.8. The summed E-state index contributed by atoms with van der Waals surface area (Å²) in [6, 6.07) is 3.36. The van der Waals surface area contributed by atoms with E-state index in [0.29, 0.717) is 0 Å². The molecule has 16 heteroatoms. The van der Waals surface area contributed by atoms with Gasteiger partial charge in [0, 0.05) is 42.4 Å². The molecular formula is C31H35N3O13. The third-order valence-corrected chi connectivity index (χ3v) is 8.85. The van der Waals surface area contributed by atoms with Gasteiger partial charge in [-0.25, -0.2) is 0 Å². The average molecular weight is 658 g/mol. The number of ether oxygens (including phenoxy) is 3. The molecule has 3 aliphatic rings. The minimum absolute atomic E-state index is 0.0663. The van der Waals surface area contributed by atoms with Gasteiger partial charge < -0.3 is 56.0 Å². The van der Waals surface area contributed by atoms with Gasteiger partial charge in [0.05, 0.1) is 60.8 Å². The van der Waals surface area contributed by atoms with Gasteiger partial charge in [-0.3, -0.25) is 19.2 Å². The van der Waals surface area contributed by atoms with Gasteiger partial charge in [0.1, 0.15) is 29.0 Å². The second-order valence-electron chi connectivity index (χ2n) is 11.7. The zero-order valence-corrected chi connectivity index (χ0v) is 25.4. The number of aromatic hydroxyl groups is 2. The lowest BCUT2D eigenvalue weighted by atomic mass is 9.71. The lowest BCUT2D eigenvalue weighted by Gasteiger charge is -2.43. The highest BCUT2D eigenvalue weighted by Crippen LogP contribution is 2.52. The number of benzene rings is 2. The van der Waals surface area contributed by atoms with E-state index in [9.17, 15) is 44.7 Å². The number of hydrazone groups is 1. The van der Waals surface area contributed by atoms with E-state index in [1.54, 1.807) is 0 Å². The first kappa shape index (κ1) is 33.7. The summed E-state index contributed by atoms with van der Waals surface area (Å²) in [4.78, 5) is 50.8. The molecule has 1 saturated heterocycles. The van der Waals surface area contributed by atoms with E-state index in [4.69, 9.17) is 25.2 Å². The molecule has 0 saturated carbocycles. The number of phenolic OH excluding ortho intramolecular Hbond substituents is 2. The molecule has 0 aromatic heterocycles. The van der Waals surface area contributed by atoms with Gasteiger partial charge in [-0.1, -0.05) is 12.1 Å². The molecule has 6 atom stereocenters. The van der Waals surface area contributed by atoms with Gasteiger partial charge in [0.15, 0.2) is 12.1 Å². The molecule has 1 heterocycles. The summed E-state index contributed by atoms with van der Waals surface area (Å²) in [6.07, 6.45) is -6.66. The summed E-state index contributed by atoms with van der Waals surface area (Å²) in [6.45, 7) is 0.701. The lowest BCUT2D eigenvalue weighted by Crippen LogP contribution is -2.56. The van der Waals surface area contributed by atoms with Crippen LogP contribution in [-0.2, 0) is 25.5 Å².